The molecule has 4 nitrogen and oxygen atoms in total. The lowest BCUT2D eigenvalue weighted by Crippen LogP contribution is -2.31. The Kier molecular flexibility index (Phi) is 2.60. The van der Waals surface area contributed by atoms with Gasteiger partial charge < -0.3 is 15.1 Å². The van der Waals surface area contributed by atoms with E-state index in [0.29, 0.717) is 17.0 Å². The number of carbonyl (C=O) groups is 1. The summed E-state index contributed by atoms with van der Waals surface area (Å²) in [6.45, 7) is 1.34. The van der Waals surface area contributed by atoms with Gasteiger partial charge >= 0.3 is 0 Å². The van der Waals surface area contributed by atoms with E-state index in [9.17, 15) is 4.79 Å². The number of hydrogen-bond donors (Lipinski definition) is 1. The molecule has 0 saturated carbocycles. The number of nitrogens with zero attached hydrogens (tertiary/aromatic N) is 1. The lowest BCUT2D eigenvalue weighted by molar-refractivity contribution is 0.0758. The maximum absolute atomic E-state index is 11.8. The first-order chi connectivity index (χ1) is 6.66. The lowest BCUT2D eigenvalue weighted by atomic mass is 10.3. The van der Waals surface area contributed by atoms with E-state index in [1.165, 1.54) is 0 Å². The maximum atomic E-state index is 11.8. The number of rotatable bonds is 1. The van der Waals surface area contributed by atoms with Crippen LogP contribution in [0.3, 0.4) is 0 Å². The summed E-state index contributed by atoms with van der Waals surface area (Å²) in [6, 6.07) is 3.48. The van der Waals surface area contributed by atoms with E-state index in [4.69, 9.17) is 10.2 Å². The molecule has 1 saturated heterocycles. The summed E-state index contributed by atoms with van der Waals surface area (Å²) in [5.74, 6) is 0.287. The summed E-state index contributed by atoms with van der Waals surface area (Å²) >= 11 is 3.16. The van der Waals surface area contributed by atoms with Crippen molar-refractivity contribution in [3.63, 3.8) is 0 Å². The van der Waals surface area contributed by atoms with Crippen LogP contribution in [0.5, 0.6) is 0 Å². The molecule has 5 heteroatoms. The summed E-state index contributed by atoms with van der Waals surface area (Å²) in [4.78, 5) is 13.5. The number of nitrogens with two attached hydrogens (primary N) is 1. The first kappa shape index (κ1) is 9.73. The Hall–Kier alpha value is -0.810. The van der Waals surface area contributed by atoms with Gasteiger partial charge in [0.1, 0.15) is 0 Å². The highest BCUT2D eigenvalue weighted by Gasteiger charge is 2.26. The highest BCUT2D eigenvalue weighted by atomic mass is 79.9. The molecule has 1 aromatic heterocycles. The van der Waals surface area contributed by atoms with Crippen LogP contribution >= 0.6 is 15.9 Å². The highest BCUT2D eigenvalue weighted by molar-refractivity contribution is 9.10. The average molecular weight is 259 g/mol. The Morgan fingerprint density at radius 3 is 2.93 bits per heavy atom. The van der Waals surface area contributed by atoms with Crippen LogP contribution in [-0.2, 0) is 0 Å². The second-order valence-electron chi connectivity index (χ2n) is 3.40. The van der Waals surface area contributed by atoms with E-state index in [1.807, 2.05) is 0 Å². The highest BCUT2D eigenvalue weighted by Crippen LogP contribution is 2.17. The van der Waals surface area contributed by atoms with Gasteiger partial charge in [-0.25, -0.2) is 0 Å². The molecule has 0 unspecified atom stereocenters. The van der Waals surface area contributed by atoms with Crippen molar-refractivity contribution in [3.8, 4) is 0 Å². The third-order valence-electron chi connectivity index (χ3n) is 2.30. The molecular formula is C9H11BrN2O2. The Morgan fingerprint density at radius 2 is 2.43 bits per heavy atom. The lowest BCUT2D eigenvalue weighted by Gasteiger charge is -2.13. The van der Waals surface area contributed by atoms with Gasteiger partial charge in [-0.05, 0) is 34.5 Å². The molecule has 1 amide bonds. The second-order valence-corrected chi connectivity index (χ2v) is 4.19. The molecule has 0 aliphatic carbocycles. The molecule has 1 aromatic rings. The first-order valence-corrected chi connectivity index (χ1v) is 5.26. The van der Waals surface area contributed by atoms with Gasteiger partial charge in [-0.2, -0.15) is 0 Å². The zero-order valence-electron chi connectivity index (χ0n) is 7.57. The number of likely N-dealkylation sites (tertiary alicyclic amines) is 1. The van der Waals surface area contributed by atoms with Gasteiger partial charge in [0.05, 0.1) is 0 Å². The van der Waals surface area contributed by atoms with Crippen molar-refractivity contribution in [3.05, 3.63) is 22.6 Å². The summed E-state index contributed by atoms with van der Waals surface area (Å²) < 4.78 is 5.75. The third-order valence-corrected chi connectivity index (χ3v) is 2.72. The number of halogens is 1. The number of hydrogen-bond acceptors (Lipinski definition) is 3. The zero-order chi connectivity index (χ0) is 10.1. The van der Waals surface area contributed by atoms with Gasteiger partial charge in [-0.15, -0.1) is 0 Å². The van der Waals surface area contributed by atoms with Crippen LogP contribution in [0.4, 0.5) is 0 Å². The quantitative estimate of drug-likeness (QED) is 0.824. The molecular weight excluding hydrogens is 248 g/mol. The van der Waals surface area contributed by atoms with Crippen molar-refractivity contribution < 1.29 is 9.21 Å². The van der Waals surface area contributed by atoms with Gasteiger partial charge in [0, 0.05) is 19.1 Å². The fraction of sp³-hybridized carbons (Fsp3) is 0.444. The van der Waals surface area contributed by atoms with Gasteiger partial charge in [0.15, 0.2) is 10.4 Å². The Labute approximate surface area is 90.2 Å². The minimum absolute atomic E-state index is 0.0800. The molecule has 2 rings (SSSR count). The van der Waals surface area contributed by atoms with Crippen LogP contribution in [0.1, 0.15) is 17.0 Å². The molecule has 1 aliphatic heterocycles. The summed E-state index contributed by atoms with van der Waals surface area (Å²) in [5.41, 5.74) is 5.71. The molecule has 0 spiro atoms. The average Bonchev–Trinajstić information content (AvgIpc) is 2.73. The van der Waals surface area contributed by atoms with Gasteiger partial charge in [-0.3, -0.25) is 4.79 Å². The smallest absolute Gasteiger partial charge is 0.289 e. The topological polar surface area (TPSA) is 59.5 Å². The van der Waals surface area contributed by atoms with Gasteiger partial charge in [0.2, 0.25) is 0 Å². The SMILES string of the molecule is N[C@@H]1CCN(C(=O)c2ccc(Br)o2)C1. The molecule has 2 heterocycles. The van der Waals surface area contributed by atoms with Crippen molar-refractivity contribution >= 4 is 21.8 Å². The van der Waals surface area contributed by atoms with Crippen LogP contribution in [-0.4, -0.2) is 29.9 Å². The monoisotopic (exact) mass is 258 g/mol. The fourth-order valence-electron chi connectivity index (χ4n) is 1.56. The Morgan fingerprint density at radius 1 is 1.64 bits per heavy atom. The molecule has 0 radical (unpaired) electrons. The van der Waals surface area contributed by atoms with E-state index in [1.54, 1.807) is 17.0 Å². The van der Waals surface area contributed by atoms with E-state index >= 15 is 0 Å². The number of amides is 1. The van der Waals surface area contributed by atoms with Crippen molar-refractivity contribution in [2.45, 2.75) is 12.5 Å². The molecule has 1 fully saturated rings. The van der Waals surface area contributed by atoms with Crippen molar-refractivity contribution in [1.82, 2.24) is 4.90 Å². The second kappa shape index (κ2) is 3.74. The van der Waals surface area contributed by atoms with Crippen molar-refractivity contribution in [2.24, 2.45) is 5.73 Å². The number of furan rings is 1. The molecule has 1 aliphatic rings. The van der Waals surface area contributed by atoms with Gasteiger partial charge in [0.25, 0.3) is 5.91 Å². The van der Waals surface area contributed by atoms with E-state index < -0.39 is 0 Å². The number of carbonyl (C=O) groups excluding carboxylic acids is 1. The molecule has 76 valence electrons. The summed E-state index contributed by atoms with van der Waals surface area (Å²) in [7, 11) is 0. The van der Waals surface area contributed by atoms with Gasteiger partial charge in [-0.1, -0.05) is 0 Å². The molecule has 1 atom stereocenters. The first-order valence-electron chi connectivity index (χ1n) is 4.47. The molecule has 2 N–H and O–H groups in total. The van der Waals surface area contributed by atoms with Crippen molar-refractivity contribution in [2.75, 3.05) is 13.1 Å². The Balaban J connectivity index is 2.09. The van der Waals surface area contributed by atoms with Crippen LogP contribution < -0.4 is 5.73 Å². The van der Waals surface area contributed by atoms with Crippen LogP contribution in [0.2, 0.25) is 0 Å². The summed E-state index contributed by atoms with van der Waals surface area (Å²) in [6.07, 6.45) is 0.869. The Bertz CT molecular complexity index is 350. The van der Waals surface area contributed by atoms with E-state index in [-0.39, 0.29) is 11.9 Å². The largest absolute Gasteiger partial charge is 0.444 e. The van der Waals surface area contributed by atoms with Crippen molar-refractivity contribution in [1.29, 1.82) is 0 Å². The zero-order valence-corrected chi connectivity index (χ0v) is 9.16. The maximum Gasteiger partial charge on any atom is 0.289 e. The van der Waals surface area contributed by atoms with E-state index in [0.717, 1.165) is 13.0 Å². The standard InChI is InChI=1S/C9H11BrN2O2/c10-8-2-1-7(14-8)9(13)12-4-3-6(11)5-12/h1-2,6H,3-5,11H2/t6-/m1/s1. The normalized spacial score (nSPS) is 21.6. The van der Waals surface area contributed by atoms with Crippen LogP contribution in [0.25, 0.3) is 0 Å². The molecule has 0 aromatic carbocycles. The minimum atomic E-state index is -0.0800. The predicted molar refractivity (Wildman–Crippen MR) is 54.9 cm³/mol. The van der Waals surface area contributed by atoms with Crippen LogP contribution in [0, 0.1) is 0 Å². The fourth-order valence-corrected chi connectivity index (χ4v) is 1.86. The molecule has 14 heavy (non-hydrogen) atoms. The van der Waals surface area contributed by atoms with Crippen LogP contribution in [0.15, 0.2) is 21.2 Å². The minimum Gasteiger partial charge on any atom is -0.444 e. The third kappa shape index (κ3) is 1.83. The predicted octanol–water partition coefficient (Wildman–Crippen LogP) is 1.22. The molecule has 0 bridgehead atoms. The summed E-state index contributed by atoms with van der Waals surface area (Å²) in [5, 5.41) is 0. The van der Waals surface area contributed by atoms with E-state index in [2.05, 4.69) is 15.9 Å².